The van der Waals surface area contributed by atoms with Crippen LogP contribution in [0.4, 0.5) is 0 Å². The summed E-state index contributed by atoms with van der Waals surface area (Å²) in [7, 11) is 0. The molecule has 3 N–H and O–H groups in total. The van der Waals surface area contributed by atoms with Crippen LogP contribution in [-0.2, 0) is 14.3 Å². The van der Waals surface area contributed by atoms with Gasteiger partial charge in [-0.25, -0.2) is 0 Å². The number of aliphatic hydroxyl groups is 2. The molecule has 0 aromatic rings. The van der Waals surface area contributed by atoms with Crippen molar-refractivity contribution >= 4 is 11.9 Å². The summed E-state index contributed by atoms with van der Waals surface area (Å²) in [6.07, 6.45) is 52.0. The number of hydrogen-bond acceptors (Lipinski definition) is 5. The largest absolute Gasteiger partial charge is 0.462 e. The third kappa shape index (κ3) is 40.6. The second kappa shape index (κ2) is 45.2. The minimum absolute atomic E-state index is 0.0658. The highest BCUT2D eigenvalue weighted by Crippen LogP contribution is 2.18. The highest BCUT2D eigenvalue weighted by Gasteiger charge is 2.24. The Bertz CT molecular complexity index is 946. The van der Waals surface area contributed by atoms with Crippen molar-refractivity contribution in [2.75, 3.05) is 6.61 Å². The summed E-state index contributed by atoms with van der Waals surface area (Å²) < 4.78 is 5.90. The summed E-state index contributed by atoms with van der Waals surface area (Å²) in [5.74, 6) is -0.490. The van der Waals surface area contributed by atoms with Gasteiger partial charge in [0.1, 0.15) is 6.10 Å². The van der Waals surface area contributed by atoms with Gasteiger partial charge < -0.3 is 20.3 Å². The molecule has 0 saturated heterocycles. The van der Waals surface area contributed by atoms with Crippen molar-refractivity contribution in [2.45, 2.75) is 270 Å². The molecular formula is C51H95NO5. The van der Waals surface area contributed by atoms with E-state index in [1.165, 1.54) is 116 Å². The zero-order chi connectivity index (χ0) is 41.7. The lowest BCUT2D eigenvalue weighted by Gasteiger charge is -2.24. The molecule has 0 aromatic carbocycles. The summed E-state index contributed by atoms with van der Waals surface area (Å²) in [5, 5.41) is 23.7. The molecule has 0 aromatic heterocycles. The Morgan fingerprint density at radius 1 is 0.526 bits per heavy atom. The van der Waals surface area contributed by atoms with Gasteiger partial charge in [0.15, 0.2) is 0 Å². The van der Waals surface area contributed by atoms with Crippen LogP contribution < -0.4 is 5.32 Å². The Labute approximate surface area is 353 Å². The predicted octanol–water partition coefficient (Wildman–Crippen LogP) is 14.5. The van der Waals surface area contributed by atoms with E-state index >= 15 is 0 Å². The van der Waals surface area contributed by atoms with Crippen molar-refractivity contribution in [1.82, 2.24) is 5.32 Å². The Kier molecular flexibility index (Phi) is 43.6. The molecule has 0 saturated carbocycles. The lowest BCUT2D eigenvalue weighted by molar-refractivity contribution is -0.151. The molecule has 0 aliphatic rings. The smallest absolute Gasteiger partial charge is 0.306 e. The van der Waals surface area contributed by atoms with Crippen LogP contribution in [0.15, 0.2) is 36.5 Å². The Morgan fingerprint density at radius 3 is 1.44 bits per heavy atom. The molecule has 6 nitrogen and oxygen atoms in total. The van der Waals surface area contributed by atoms with Gasteiger partial charge in [0.2, 0.25) is 5.91 Å². The van der Waals surface area contributed by atoms with Crippen molar-refractivity contribution in [2.24, 2.45) is 0 Å². The van der Waals surface area contributed by atoms with Crippen LogP contribution in [0.3, 0.4) is 0 Å². The molecule has 6 heteroatoms. The Morgan fingerprint density at radius 2 is 0.947 bits per heavy atom. The Hall–Kier alpha value is -1.92. The molecule has 0 spiro atoms. The number of amides is 1. The van der Waals surface area contributed by atoms with Gasteiger partial charge in [0.25, 0.3) is 0 Å². The first-order chi connectivity index (χ1) is 28.0. The summed E-state index contributed by atoms with van der Waals surface area (Å²) in [5.41, 5.74) is 0. The number of carbonyl (C=O) groups excluding carboxylic acids is 2. The van der Waals surface area contributed by atoms with Crippen molar-refractivity contribution in [3.05, 3.63) is 36.5 Å². The third-order valence-electron chi connectivity index (χ3n) is 11.2. The molecule has 1 amide bonds. The molecule has 0 bridgehead atoms. The van der Waals surface area contributed by atoms with Crippen LogP contribution in [0.5, 0.6) is 0 Å². The van der Waals surface area contributed by atoms with Crippen LogP contribution in [-0.4, -0.2) is 46.9 Å². The van der Waals surface area contributed by atoms with Gasteiger partial charge in [-0.2, -0.15) is 0 Å². The fourth-order valence-electron chi connectivity index (χ4n) is 7.50. The van der Waals surface area contributed by atoms with E-state index < -0.39 is 18.2 Å². The molecule has 3 atom stereocenters. The number of ether oxygens (including phenoxy) is 1. The quantitative estimate of drug-likeness (QED) is 0.0324. The number of rotatable bonds is 44. The molecule has 0 aliphatic carbocycles. The van der Waals surface area contributed by atoms with Gasteiger partial charge in [0, 0.05) is 6.42 Å². The normalized spacial score (nSPS) is 13.6. The van der Waals surface area contributed by atoms with Gasteiger partial charge >= 0.3 is 5.97 Å². The molecule has 334 valence electrons. The average Bonchev–Trinajstić information content (AvgIpc) is 3.20. The van der Waals surface area contributed by atoms with E-state index in [1.54, 1.807) is 0 Å². The second-order valence-electron chi connectivity index (χ2n) is 16.8. The van der Waals surface area contributed by atoms with E-state index in [0.29, 0.717) is 19.3 Å². The van der Waals surface area contributed by atoms with Crippen LogP contribution in [0, 0.1) is 0 Å². The third-order valence-corrected chi connectivity index (χ3v) is 11.2. The van der Waals surface area contributed by atoms with Gasteiger partial charge in [-0.1, -0.05) is 218 Å². The van der Waals surface area contributed by atoms with Crippen LogP contribution in [0.25, 0.3) is 0 Å². The topological polar surface area (TPSA) is 95.9 Å². The van der Waals surface area contributed by atoms with E-state index in [4.69, 9.17) is 4.74 Å². The molecule has 0 heterocycles. The predicted molar refractivity (Wildman–Crippen MR) is 246 cm³/mol. The zero-order valence-electron chi connectivity index (χ0n) is 38.0. The molecule has 3 unspecified atom stereocenters. The fraction of sp³-hybridized carbons (Fsp3) is 0.843. The first-order valence-corrected chi connectivity index (χ1v) is 24.7. The maximum Gasteiger partial charge on any atom is 0.306 e. The summed E-state index contributed by atoms with van der Waals surface area (Å²) >= 11 is 0. The summed E-state index contributed by atoms with van der Waals surface area (Å²) in [6.45, 7) is 6.36. The lowest BCUT2D eigenvalue weighted by Crippen LogP contribution is -2.46. The van der Waals surface area contributed by atoms with Crippen LogP contribution in [0.1, 0.15) is 252 Å². The number of unbranched alkanes of at least 4 members (excludes halogenated alkanes) is 26. The first-order valence-electron chi connectivity index (χ1n) is 24.7. The molecule has 0 rings (SSSR count). The van der Waals surface area contributed by atoms with Gasteiger partial charge in [-0.15, -0.1) is 0 Å². The van der Waals surface area contributed by atoms with Crippen molar-refractivity contribution in [1.29, 1.82) is 0 Å². The molecule has 57 heavy (non-hydrogen) atoms. The standard InChI is InChI=1S/C51H95NO5/c1-4-7-10-13-16-19-22-24-26-28-30-33-36-39-42-47(57-51(56)44-41-38-35-32-21-18-15-12-9-6-3)45-50(55)52-48(46-53)49(54)43-40-37-34-31-29-27-25-23-20-17-14-11-8-5-2/h7,10,16,19,24,26,47-49,53-54H,4-6,8-9,11-15,17-18,20-23,25,27-46H2,1-3H3,(H,52,55)/b10-7+,19-16+,26-24+. The Balaban J connectivity index is 4.57. The first kappa shape index (κ1) is 55.1. The van der Waals surface area contributed by atoms with Gasteiger partial charge in [-0.05, 0) is 57.8 Å². The fourth-order valence-corrected chi connectivity index (χ4v) is 7.50. The number of nitrogens with one attached hydrogen (secondary N) is 1. The number of carbonyl (C=O) groups is 2. The summed E-state index contributed by atoms with van der Waals surface area (Å²) in [4.78, 5) is 26.0. The van der Waals surface area contributed by atoms with Crippen molar-refractivity contribution in [3.8, 4) is 0 Å². The van der Waals surface area contributed by atoms with E-state index in [2.05, 4.69) is 62.5 Å². The average molecular weight is 802 g/mol. The number of allylic oxidation sites excluding steroid dienone is 6. The number of hydrogen-bond donors (Lipinski definition) is 3. The summed E-state index contributed by atoms with van der Waals surface area (Å²) in [6, 6.07) is -0.705. The van der Waals surface area contributed by atoms with Crippen molar-refractivity contribution < 1.29 is 24.5 Å². The minimum Gasteiger partial charge on any atom is -0.462 e. The van der Waals surface area contributed by atoms with Gasteiger partial charge in [-0.3, -0.25) is 9.59 Å². The highest BCUT2D eigenvalue weighted by molar-refractivity contribution is 5.77. The van der Waals surface area contributed by atoms with Crippen LogP contribution >= 0.6 is 0 Å². The van der Waals surface area contributed by atoms with E-state index in [1.807, 2.05) is 0 Å². The number of aliphatic hydroxyl groups excluding tert-OH is 2. The lowest BCUT2D eigenvalue weighted by atomic mass is 10.0. The van der Waals surface area contributed by atoms with E-state index in [9.17, 15) is 19.8 Å². The van der Waals surface area contributed by atoms with E-state index in [-0.39, 0.29) is 24.9 Å². The maximum absolute atomic E-state index is 13.2. The molecule has 0 radical (unpaired) electrons. The minimum atomic E-state index is -0.790. The SMILES string of the molecule is CC/C=C/C/C=C/C/C=C/CCCCCCC(CC(=O)NC(CO)C(O)CCCCCCCCCCCCCCCC)OC(=O)CCCCCCCCCCCC. The number of esters is 1. The molecule has 0 aliphatic heterocycles. The molecular weight excluding hydrogens is 707 g/mol. The maximum atomic E-state index is 13.2. The zero-order valence-corrected chi connectivity index (χ0v) is 38.0. The second-order valence-corrected chi connectivity index (χ2v) is 16.8. The van der Waals surface area contributed by atoms with Gasteiger partial charge in [0.05, 0.1) is 25.2 Å². The molecule has 0 fully saturated rings. The van der Waals surface area contributed by atoms with Crippen LogP contribution in [0.2, 0.25) is 0 Å². The van der Waals surface area contributed by atoms with E-state index in [0.717, 1.165) is 89.9 Å². The highest BCUT2D eigenvalue weighted by atomic mass is 16.5. The van der Waals surface area contributed by atoms with Crippen molar-refractivity contribution in [3.63, 3.8) is 0 Å². The monoisotopic (exact) mass is 802 g/mol.